The van der Waals surface area contributed by atoms with Gasteiger partial charge in [-0.3, -0.25) is 9.36 Å². The Labute approximate surface area is 161 Å². The van der Waals surface area contributed by atoms with E-state index in [0.717, 1.165) is 0 Å². The topological polar surface area (TPSA) is 132 Å². The fourth-order valence-corrected chi connectivity index (χ4v) is 4.62. The second kappa shape index (κ2) is 8.25. The maximum Gasteiger partial charge on any atom is 0.243 e. The fraction of sp³-hybridized carbons (Fsp3) is 0.400. The van der Waals surface area contributed by atoms with E-state index < -0.39 is 10.0 Å². The first kappa shape index (κ1) is 19.6. The third-order valence-electron chi connectivity index (χ3n) is 3.93. The zero-order valence-electron chi connectivity index (χ0n) is 14.7. The average Bonchev–Trinajstić information content (AvgIpc) is 2.99. The van der Waals surface area contributed by atoms with E-state index in [1.54, 1.807) is 23.7 Å². The third kappa shape index (κ3) is 4.58. The highest BCUT2D eigenvalue weighted by Crippen LogP contribution is 2.21. The summed E-state index contributed by atoms with van der Waals surface area (Å²) in [5.41, 5.74) is 6.01. The molecule has 0 spiro atoms. The molecule has 1 aromatic carbocycles. The summed E-state index contributed by atoms with van der Waals surface area (Å²) < 4.78 is 33.6. The van der Waals surface area contributed by atoms with Crippen LogP contribution in [0.2, 0.25) is 0 Å². The van der Waals surface area contributed by atoms with Crippen molar-refractivity contribution in [3.8, 4) is 0 Å². The molecule has 2 heterocycles. The van der Waals surface area contributed by atoms with E-state index >= 15 is 0 Å². The van der Waals surface area contributed by atoms with Crippen molar-refractivity contribution in [3.05, 3.63) is 24.3 Å². The van der Waals surface area contributed by atoms with E-state index in [4.69, 9.17) is 10.5 Å². The van der Waals surface area contributed by atoms with Crippen LogP contribution in [0.25, 0.3) is 0 Å². The number of nitrogens with zero attached hydrogens (tertiary/aromatic N) is 4. The Morgan fingerprint density at radius 1 is 1.33 bits per heavy atom. The van der Waals surface area contributed by atoms with Crippen molar-refractivity contribution < 1.29 is 17.9 Å². The number of benzene rings is 1. The molecular formula is C15H20N6O4S2. The average molecular weight is 412 g/mol. The number of nitrogen functional groups attached to an aromatic ring is 1. The Hall–Kier alpha value is -2.15. The number of anilines is 2. The molecule has 0 radical (unpaired) electrons. The van der Waals surface area contributed by atoms with Crippen LogP contribution < -0.4 is 11.1 Å². The maximum atomic E-state index is 12.7. The number of morpholine rings is 1. The maximum absolute atomic E-state index is 12.7. The van der Waals surface area contributed by atoms with Gasteiger partial charge in [-0.1, -0.05) is 17.8 Å². The summed E-state index contributed by atoms with van der Waals surface area (Å²) in [5, 5.41) is 10.8. The van der Waals surface area contributed by atoms with Crippen LogP contribution in [-0.4, -0.2) is 65.5 Å². The molecule has 0 saturated carbocycles. The molecule has 1 aromatic heterocycles. The molecule has 27 heavy (non-hydrogen) atoms. The standard InChI is InChI=1S/C15H20N6O4S2/c1-20-14(16)18-19-15(20)26-10-13(22)17-11-3-2-4-12(9-11)27(23,24)21-5-7-25-8-6-21/h2-4,9H,5-8,10H2,1H3,(H2,16,18)(H,17,22). The van der Waals surface area contributed by atoms with Crippen molar-refractivity contribution in [2.75, 3.05) is 43.1 Å². The molecule has 3 rings (SSSR count). The monoisotopic (exact) mass is 412 g/mol. The number of hydrogen-bond acceptors (Lipinski definition) is 8. The Kier molecular flexibility index (Phi) is 5.99. The van der Waals surface area contributed by atoms with Crippen LogP contribution in [-0.2, 0) is 26.6 Å². The number of carbonyl (C=O) groups excluding carboxylic acids is 1. The number of carbonyl (C=O) groups is 1. The second-order valence-electron chi connectivity index (χ2n) is 5.78. The van der Waals surface area contributed by atoms with Gasteiger partial charge in [0.05, 0.1) is 23.9 Å². The number of rotatable bonds is 6. The van der Waals surface area contributed by atoms with E-state index in [2.05, 4.69) is 15.5 Å². The molecule has 146 valence electrons. The van der Waals surface area contributed by atoms with Crippen LogP contribution in [0.1, 0.15) is 0 Å². The molecule has 0 bridgehead atoms. The zero-order valence-corrected chi connectivity index (χ0v) is 16.3. The summed E-state index contributed by atoms with van der Waals surface area (Å²) >= 11 is 1.18. The summed E-state index contributed by atoms with van der Waals surface area (Å²) in [5.74, 6) is 0.0632. The van der Waals surface area contributed by atoms with Crippen molar-refractivity contribution in [1.29, 1.82) is 0 Å². The van der Waals surface area contributed by atoms with Crippen LogP contribution in [0, 0.1) is 0 Å². The molecule has 2 aromatic rings. The fourth-order valence-electron chi connectivity index (χ4n) is 2.45. The van der Waals surface area contributed by atoms with Crippen LogP contribution in [0.15, 0.2) is 34.3 Å². The molecule has 12 heteroatoms. The van der Waals surface area contributed by atoms with Gasteiger partial charge >= 0.3 is 0 Å². The predicted octanol–water partition coefficient (Wildman–Crippen LogP) is 0.149. The van der Waals surface area contributed by atoms with Crippen molar-refractivity contribution >= 4 is 39.3 Å². The number of hydrogen-bond donors (Lipinski definition) is 2. The van der Waals surface area contributed by atoms with Crippen LogP contribution >= 0.6 is 11.8 Å². The van der Waals surface area contributed by atoms with Crippen molar-refractivity contribution in [2.24, 2.45) is 7.05 Å². The smallest absolute Gasteiger partial charge is 0.243 e. The first-order chi connectivity index (χ1) is 12.9. The van der Waals surface area contributed by atoms with Crippen molar-refractivity contribution in [1.82, 2.24) is 19.1 Å². The molecule has 0 atom stereocenters. The SMILES string of the molecule is Cn1c(N)nnc1SCC(=O)Nc1cccc(S(=O)(=O)N2CCOCC2)c1. The lowest BCUT2D eigenvalue weighted by molar-refractivity contribution is -0.113. The van der Waals surface area contributed by atoms with Gasteiger partial charge in [-0.05, 0) is 18.2 Å². The number of aromatic nitrogens is 3. The Morgan fingerprint density at radius 2 is 2.07 bits per heavy atom. The van der Waals surface area contributed by atoms with Gasteiger partial charge in [0.2, 0.25) is 21.9 Å². The highest BCUT2D eigenvalue weighted by molar-refractivity contribution is 7.99. The minimum absolute atomic E-state index is 0.0897. The molecule has 3 N–H and O–H groups in total. The summed E-state index contributed by atoms with van der Waals surface area (Å²) in [6, 6.07) is 6.20. The normalized spacial score (nSPS) is 15.6. The molecule has 0 aliphatic carbocycles. The number of thioether (sulfide) groups is 1. The molecular weight excluding hydrogens is 392 g/mol. The quantitative estimate of drug-likeness (QED) is 0.641. The van der Waals surface area contributed by atoms with Gasteiger partial charge in [-0.2, -0.15) is 4.31 Å². The highest BCUT2D eigenvalue weighted by atomic mass is 32.2. The molecule has 1 saturated heterocycles. The minimum atomic E-state index is -3.62. The molecule has 1 amide bonds. The zero-order chi connectivity index (χ0) is 19.4. The van der Waals surface area contributed by atoms with Gasteiger partial charge in [-0.15, -0.1) is 10.2 Å². The first-order valence-electron chi connectivity index (χ1n) is 8.13. The number of amides is 1. The van der Waals surface area contributed by atoms with Crippen molar-refractivity contribution in [2.45, 2.75) is 10.1 Å². The summed E-state index contributed by atoms with van der Waals surface area (Å²) in [6.45, 7) is 1.38. The van der Waals surface area contributed by atoms with Crippen LogP contribution in [0.5, 0.6) is 0 Å². The highest BCUT2D eigenvalue weighted by Gasteiger charge is 2.26. The predicted molar refractivity (Wildman–Crippen MR) is 101 cm³/mol. The minimum Gasteiger partial charge on any atom is -0.379 e. The third-order valence-corrected chi connectivity index (χ3v) is 6.84. The molecule has 10 nitrogen and oxygen atoms in total. The molecule has 1 aliphatic heterocycles. The van der Waals surface area contributed by atoms with E-state index in [0.29, 0.717) is 37.1 Å². The van der Waals surface area contributed by atoms with E-state index in [1.165, 1.54) is 28.2 Å². The summed E-state index contributed by atoms with van der Waals surface area (Å²) in [4.78, 5) is 12.3. The number of nitrogens with two attached hydrogens (primary N) is 1. The number of nitrogens with one attached hydrogen (secondary N) is 1. The number of ether oxygens (including phenoxy) is 1. The lowest BCUT2D eigenvalue weighted by atomic mass is 10.3. The number of sulfonamides is 1. The largest absolute Gasteiger partial charge is 0.379 e. The molecule has 1 fully saturated rings. The Balaban J connectivity index is 1.64. The van der Waals surface area contributed by atoms with Crippen LogP contribution in [0.4, 0.5) is 11.6 Å². The molecule has 0 unspecified atom stereocenters. The van der Waals surface area contributed by atoms with Gasteiger partial charge in [0, 0.05) is 25.8 Å². The van der Waals surface area contributed by atoms with Gasteiger partial charge < -0.3 is 15.8 Å². The van der Waals surface area contributed by atoms with E-state index in [9.17, 15) is 13.2 Å². The van der Waals surface area contributed by atoms with Crippen molar-refractivity contribution in [3.63, 3.8) is 0 Å². The summed E-state index contributed by atoms with van der Waals surface area (Å²) in [7, 11) is -1.91. The summed E-state index contributed by atoms with van der Waals surface area (Å²) in [6.07, 6.45) is 0. The Bertz CT molecular complexity index is 924. The van der Waals surface area contributed by atoms with E-state index in [1.807, 2.05) is 0 Å². The second-order valence-corrected chi connectivity index (χ2v) is 8.66. The van der Waals surface area contributed by atoms with Gasteiger partial charge in [0.15, 0.2) is 5.16 Å². The van der Waals surface area contributed by atoms with Gasteiger partial charge in [-0.25, -0.2) is 8.42 Å². The first-order valence-corrected chi connectivity index (χ1v) is 10.6. The van der Waals surface area contributed by atoms with Crippen LogP contribution in [0.3, 0.4) is 0 Å². The van der Waals surface area contributed by atoms with E-state index in [-0.39, 0.29) is 22.5 Å². The lowest BCUT2D eigenvalue weighted by Crippen LogP contribution is -2.40. The Morgan fingerprint density at radius 3 is 2.74 bits per heavy atom. The van der Waals surface area contributed by atoms with Gasteiger partial charge in [0.1, 0.15) is 0 Å². The molecule has 1 aliphatic rings. The lowest BCUT2D eigenvalue weighted by Gasteiger charge is -2.26. The van der Waals surface area contributed by atoms with Gasteiger partial charge in [0.25, 0.3) is 0 Å².